The summed E-state index contributed by atoms with van der Waals surface area (Å²) in [6.45, 7) is 0.532. The van der Waals surface area contributed by atoms with Gasteiger partial charge < -0.3 is 9.72 Å². The van der Waals surface area contributed by atoms with Gasteiger partial charge >= 0.3 is 5.69 Å². The van der Waals surface area contributed by atoms with Gasteiger partial charge in [-0.05, 0) is 49.9 Å². The topological polar surface area (TPSA) is 83.7 Å². The van der Waals surface area contributed by atoms with Crippen LogP contribution in [0.3, 0.4) is 0 Å². The molecule has 5 aliphatic rings. The van der Waals surface area contributed by atoms with Crippen LogP contribution in [0.4, 0.5) is 0 Å². The number of ether oxygens (including phenoxy) is 1. The van der Waals surface area contributed by atoms with Gasteiger partial charge in [-0.3, -0.25) is 9.55 Å². The molecule has 7 rings (SSSR count). The Bertz CT molecular complexity index is 1070. The van der Waals surface area contributed by atoms with E-state index < -0.39 is 0 Å². The number of imidazole rings is 1. The first-order chi connectivity index (χ1) is 13.7. The molecule has 1 N–H and O–H groups in total. The molecule has 2 aromatic rings. The Hall–Kier alpha value is -2.39. The fraction of sp³-hybridized carbons (Fsp3) is 0.591. The summed E-state index contributed by atoms with van der Waals surface area (Å²) in [6.07, 6.45) is 12.9. The molecule has 0 aromatic carbocycles. The van der Waals surface area contributed by atoms with Gasteiger partial charge in [-0.2, -0.15) is 5.26 Å². The van der Waals surface area contributed by atoms with Crippen LogP contribution in [-0.2, 0) is 11.2 Å². The molecule has 6 nitrogen and oxygen atoms in total. The molecule has 0 saturated heterocycles. The fourth-order valence-corrected chi connectivity index (χ4v) is 6.93. The molecule has 0 spiro atoms. The van der Waals surface area contributed by atoms with Crippen molar-refractivity contribution in [2.24, 2.45) is 17.8 Å². The van der Waals surface area contributed by atoms with Crippen LogP contribution in [0, 0.1) is 29.1 Å². The predicted molar refractivity (Wildman–Crippen MR) is 105 cm³/mol. The number of H-pyrrole nitrogens is 1. The summed E-state index contributed by atoms with van der Waals surface area (Å²) >= 11 is 0. The highest BCUT2D eigenvalue weighted by molar-refractivity contribution is 5.87. The average molecular weight is 376 g/mol. The summed E-state index contributed by atoms with van der Waals surface area (Å²) < 4.78 is 8.37. The minimum absolute atomic E-state index is 0.00224. The lowest BCUT2D eigenvalue weighted by Gasteiger charge is -2.59. The third-order valence-electron chi connectivity index (χ3n) is 7.56. The van der Waals surface area contributed by atoms with Gasteiger partial charge in [-0.25, -0.2) is 4.79 Å². The Kier molecular flexibility index (Phi) is 3.43. The number of pyridine rings is 1. The molecule has 4 saturated carbocycles. The molecule has 4 fully saturated rings. The van der Waals surface area contributed by atoms with E-state index in [0.717, 1.165) is 48.0 Å². The molecule has 0 aliphatic heterocycles. The number of aromatic nitrogens is 3. The average Bonchev–Trinajstić information content (AvgIpc) is 3.25. The smallest absolute Gasteiger partial charge is 0.326 e. The van der Waals surface area contributed by atoms with Crippen molar-refractivity contribution in [1.82, 2.24) is 14.5 Å². The molecule has 5 atom stereocenters. The van der Waals surface area contributed by atoms with Crippen LogP contribution in [0.25, 0.3) is 17.1 Å². The second-order valence-corrected chi connectivity index (χ2v) is 9.19. The van der Waals surface area contributed by atoms with Crippen LogP contribution in [0.15, 0.2) is 17.1 Å². The molecule has 0 radical (unpaired) electrons. The van der Waals surface area contributed by atoms with E-state index in [-0.39, 0.29) is 17.3 Å². The van der Waals surface area contributed by atoms with Crippen molar-refractivity contribution in [3.63, 3.8) is 0 Å². The molecule has 4 bridgehead atoms. The molecule has 0 amide bonds. The first-order valence-corrected chi connectivity index (χ1v) is 10.5. The van der Waals surface area contributed by atoms with Crippen molar-refractivity contribution in [2.75, 3.05) is 6.61 Å². The van der Waals surface area contributed by atoms with E-state index in [1.165, 1.54) is 12.8 Å². The Balaban J connectivity index is 1.42. The summed E-state index contributed by atoms with van der Waals surface area (Å²) in [7, 11) is 0. The lowest BCUT2D eigenvalue weighted by atomic mass is 9.52. The number of nitriles is 1. The molecular formula is C22H24N4O2. The number of rotatable bonds is 4. The third-order valence-corrected chi connectivity index (χ3v) is 7.56. The summed E-state index contributed by atoms with van der Waals surface area (Å²) in [5, 5.41) is 8.87. The van der Waals surface area contributed by atoms with E-state index in [9.17, 15) is 4.79 Å². The largest absolute Gasteiger partial charge is 0.374 e. The number of nitrogens with zero attached hydrogens (tertiary/aromatic N) is 3. The lowest BCUT2D eigenvalue weighted by Crippen LogP contribution is -2.57. The van der Waals surface area contributed by atoms with Gasteiger partial charge in [0.25, 0.3) is 0 Å². The van der Waals surface area contributed by atoms with Crippen LogP contribution in [0.5, 0.6) is 0 Å². The van der Waals surface area contributed by atoms with Crippen molar-refractivity contribution in [3.05, 3.63) is 34.0 Å². The van der Waals surface area contributed by atoms with E-state index in [1.54, 1.807) is 0 Å². The monoisotopic (exact) mass is 376 g/mol. The molecule has 6 heteroatoms. The highest BCUT2D eigenvalue weighted by Crippen LogP contribution is 2.61. The number of hydrogen-bond acceptors (Lipinski definition) is 4. The highest BCUT2D eigenvalue weighted by atomic mass is 16.5. The van der Waals surface area contributed by atoms with Crippen LogP contribution in [0.1, 0.15) is 55.8 Å². The Morgan fingerprint density at radius 2 is 2.14 bits per heavy atom. The molecule has 144 valence electrons. The number of nitrogens with one attached hydrogen (secondary N) is 1. The van der Waals surface area contributed by atoms with Crippen molar-refractivity contribution in [1.29, 1.82) is 5.26 Å². The number of hydrogen-bond donors (Lipinski definition) is 1. The zero-order valence-electron chi connectivity index (χ0n) is 15.9. The molecule has 5 aliphatic carbocycles. The van der Waals surface area contributed by atoms with Gasteiger partial charge in [0.1, 0.15) is 0 Å². The van der Waals surface area contributed by atoms with Crippen molar-refractivity contribution in [2.45, 2.75) is 56.6 Å². The summed E-state index contributed by atoms with van der Waals surface area (Å²) in [5.41, 5.74) is 4.01. The fourth-order valence-electron chi connectivity index (χ4n) is 6.93. The Morgan fingerprint density at radius 1 is 1.32 bits per heavy atom. The van der Waals surface area contributed by atoms with Gasteiger partial charge in [-0.1, -0.05) is 12.2 Å². The van der Waals surface area contributed by atoms with E-state index in [4.69, 9.17) is 10.00 Å². The van der Waals surface area contributed by atoms with Crippen molar-refractivity contribution >= 4 is 17.1 Å². The van der Waals surface area contributed by atoms with E-state index in [2.05, 4.69) is 32.8 Å². The standard InChI is InChI=1S/C22H24N4O2/c23-5-2-6-28-22-9-13-7-14(10-22)19(15(8-13)11-22)26-20-16-3-1-4-17(16)24-12-18(20)25-21(26)27/h1,3,12-15,19H,2,4,6-11H2,(H,25,27)/t13?,14-,15+,19?,22?. The third kappa shape index (κ3) is 2.23. The van der Waals surface area contributed by atoms with Gasteiger partial charge in [0.2, 0.25) is 0 Å². The van der Waals surface area contributed by atoms with Crippen LogP contribution in [-0.4, -0.2) is 26.7 Å². The maximum atomic E-state index is 13.0. The van der Waals surface area contributed by atoms with Gasteiger partial charge in [-0.15, -0.1) is 0 Å². The van der Waals surface area contributed by atoms with Gasteiger partial charge in [0.05, 0.1) is 47.6 Å². The molecule has 3 unspecified atom stereocenters. The number of fused-ring (bicyclic) bond motifs is 3. The maximum Gasteiger partial charge on any atom is 0.326 e. The zero-order chi connectivity index (χ0) is 18.9. The quantitative estimate of drug-likeness (QED) is 0.830. The van der Waals surface area contributed by atoms with Crippen molar-refractivity contribution in [3.8, 4) is 6.07 Å². The molecular weight excluding hydrogens is 352 g/mol. The first-order valence-electron chi connectivity index (χ1n) is 10.5. The maximum absolute atomic E-state index is 13.0. The minimum atomic E-state index is -0.0665. The summed E-state index contributed by atoms with van der Waals surface area (Å²) in [4.78, 5) is 20.6. The van der Waals surface area contributed by atoms with E-state index in [1.807, 2.05) is 6.20 Å². The zero-order valence-corrected chi connectivity index (χ0v) is 15.9. The second kappa shape index (κ2) is 5.81. The van der Waals surface area contributed by atoms with Crippen LogP contribution < -0.4 is 5.69 Å². The van der Waals surface area contributed by atoms with Gasteiger partial charge in [0, 0.05) is 18.0 Å². The second-order valence-electron chi connectivity index (χ2n) is 9.19. The molecule has 2 aromatic heterocycles. The SMILES string of the molecule is N#CCCOC12CC3C[C@H](C1)C(n1c(=O)[nH]c4cnc5c(c41)C=CC5)[C@@H](C3)C2. The van der Waals surface area contributed by atoms with Crippen molar-refractivity contribution < 1.29 is 4.74 Å². The highest BCUT2D eigenvalue weighted by Gasteiger charge is 2.57. The summed E-state index contributed by atoms with van der Waals surface area (Å²) in [6, 6.07) is 2.44. The number of aromatic amines is 1. The van der Waals surface area contributed by atoms with Crippen LogP contribution in [0.2, 0.25) is 0 Å². The van der Waals surface area contributed by atoms with E-state index in [0.29, 0.717) is 30.8 Å². The van der Waals surface area contributed by atoms with E-state index >= 15 is 0 Å². The first kappa shape index (κ1) is 16.6. The Labute approximate surface area is 163 Å². The lowest BCUT2D eigenvalue weighted by molar-refractivity contribution is -0.178. The van der Waals surface area contributed by atoms with Crippen LogP contribution >= 0.6 is 0 Å². The minimum Gasteiger partial charge on any atom is -0.374 e. The number of allylic oxidation sites excluding steroid dienone is 1. The van der Waals surface area contributed by atoms with Gasteiger partial charge in [0.15, 0.2) is 0 Å². The normalized spacial score (nSPS) is 34.8. The molecule has 28 heavy (non-hydrogen) atoms. The predicted octanol–water partition coefficient (Wildman–Crippen LogP) is 3.34. The Morgan fingerprint density at radius 3 is 2.93 bits per heavy atom. The summed E-state index contributed by atoms with van der Waals surface area (Å²) in [5.74, 6) is 1.64. The molecule has 2 heterocycles.